The molecule has 0 heterocycles. The molecule has 0 fully saturated rings. The van der Waals surface area contributed by atoms with E-state index in [9.17, 15) is 0 Å². The smallest absolute Gasteiger partial charge is 0.0279 e. The minimum absolute atomic E-state index is 1.20. The highest BCUT2D eigenvalue weighted by molar-refractivity contribution is 5.16. The molecular formula is C12H20. The molecule has 0 aromatic carbocycles. The summed E-state index contributed by atoms with van der Waals surface area (Å²) in [6, 6.07) is 0. The van der Waals surface area contributed by atoms with Crippen molar-refractivity contribution in [3.8, 4) is 0 Å². The maximum absolute atomic E-state index is 2.23. The highest BCUT2D eigenvalue weighted by Crippen LogP contribution is 2.08. The van der Waals surface area contributed by atoms with Crippen LogP contribution in [0.3, 0.4) is 0 Å². The summed E-state index contributed by atoms with van der Waals surface area (Å²) in [6.45, 7) is 6.24. The first-order valence-electron chi connectivity index (χ1n) is 4.74. The van der Waals surface area contributed by atoms with Crippen LogP contribution < -0.4 is 0 Å². The SMILES string of the molecule is CC=CCCCC(C=CC)=CC. The lowest BCUT2D eigenvalue weighted by Gasteiger charge is -1.98. The van der Waals surface area contributed by atoms with Crippen molar-refractivity contribution in [1.29, 1.82) is 0 Å². The summed E-state index contributed by atoms with van der Waals surface area (Å²) in [6.07, 6.45) is 14.5. The quantitative estimate of drug-likeness (QED) is 0.323. The summed E-state index contributed by atoms with van der Waals surface area (Å²) in [5.74, 6) is 0. The van der Waals surface area contributed by atoms with Gasteiger partial charge in [0, 0.05) is 0 Å². The second-order valence-electron chi connectivity index (χ2n) is 2.82. The normalized spacial score (nSPS) is 13.4. The average Bonchev–Trinajstić information content (AvgIpc) is 2.10. The molecule has 0 rings (SSSR count). The van der Waals surface area contributed by atoms with Crippen LogP contribution in [0.15, 0.2) is 36.0 Å². The Morgan fingerprint density at radius 3 is 2.33 bits per heavy atom. The van der Waals surface area contributed by atoms with E-state index in [4.69, 9.17) is 0 Å². The maximum atomic E-state index is 2.23. The summed E-state index contributed by atoms with van der Waals surface area (Å²) in [5.41, 5.74) is 1.45. The fourth-order valence-corrected chi connectivity index (χ4v) is 1.13. The predicted molar refractivity (Wildman–Crippen MR) is 57.2 cm³/mol. The molecule has 0 aromatic rings. The van der Waals surface area contributed by atoms with Gasteiger partial charge in [0.15, 0.2) is 0 Å². The molecule has 0 spiro atoms. The molecule has 0 nitrogen and oxygen atoms in total. The molecular weight excluding hydrogens is 144 g/mol. The van der Waals surface area contributed by atoms with Crippen LogP contribution in [-0.2, 0) is 0 Å². The van der Waals surface area contributed by atoms with Crippen molar-refractivity contribution in [3.05, 3.63) is 36.0 Å². The molecule has 0 aliphatic heterocycles. The molecule has 0 atom stereocenters. The number of rotatable bonds is 5. The lowest BCUT2D eigenvalue weighted by Crippen LogP contribution is -1.78. The zero-order chi connectivity index (χ0) is 9.23. The zero-order valence-electron chi connectivity index (χ0n) is 8.51. The fraction of sp³-hybridized carbons (Fsp3) is 0.500. The molecule has 0 radical (unpaired) electrons. The van der Waals surface area contributed by atoms with Crippen LogP contribution in [0.25, 0.3) is 0 Å². The zero-order valence-corrected chi connectivity index (χ0v) is 8.51. The highest BCUT2D eigenvalue weighted by atomic mass is 13.9. The van der Waals surface area contributed by atoms with Gasteiger partial charge in [-0.1, -0.05) is 36.0 Å². The number of hydrogen-bond donors (Lipinski definition) is 0. The van der Waals surface area contributed by atoms with Gasteiger partial charge in [-0.05, 0) is 40.0 Å². The summed E-state index contributed by atoms with van der Waals surface area (Å²) in [5, 5.41) is 0. The van der Waals surface area contributed by atoms with Gasteiger partial charge >= 0.3 is 0 Å². The van der Waals surface area contributed by atoms with Gasteiger partial charge < -0.3 is 0 Å². The second kappa shape index (κ2) is 8.32. The first-order valence-corrected chi connectivity index (χ1v) is 4.74. The van der Waals surface area contributed by atoms with Gasteiger partial charge in [-0.2, -0.15) is 0 Å². The Morgan fingerprint density at radius 1 is 1.08 bits per heavy atom. The molecule has 0 aromatic heterocycles. The Hall–Kier alpha value is -0.780. The van der Waals surface area contributed by atoms with Gasteiger partial charge in [-0.3, -0.25) is 0 Å². The Labute approximate surface area is 76.7 Å². The van der Waals surface area contributed by atoms with Crippen molar-refractivity contribution < 1.29 is 0 Å². The standard InChI is InChI=1S/C12H20/c1-4-7-8-9-11-12(6-3)10-5-2/h4-7,10H,8-9,11H2,1-3H3. The molecule has 0 aliphatic rings. The number of unbranched alkanes of at least 4 members (excludes halogenated alkanes) is 1. The monoisotopic (exact) mass is 164 g/mol. The van der Waals surface area contributed by atoms with Crippen LogP contribution in [-0.4, -0.2) is 0 Å². The minimum Gasteiger partial charge on any atom is -0.0917 e. The summed E-state index contributed by atoms with van der Waals surface area (Å²) < 4.78 is 0. The van der Waals surface area contributed by atoms with Crippen LogP contribution in [0.2, 0.25) is 0 Å². The first kappa shape index (κ1) is 11.2. The molecule has 68 valence electrons. The Bertz CT molecular complexity index is 170. The van der Waals surface area contributed by atoms with Crippen molar-refractivity contribution in [1.82, 2.24) is 0 Å². The van der Waals surface area contributed by atoms with E-state index in [2.05, 4.69) is 51.2 Å². The molecule has 0 aliphatic carbocycles. The topological polar surface area (TPSA) is 0 Å². The first-order chi connectivity index (χ1) is 5.85. The predicted octanol–water partition coefficient (Wildman–Crippen LogP) is 4.26. The summed E-state index contributed by atoms with van der Waals surface area (Å²) >= 11 is 0. The van der Waals surface area contributed by atoms with E-state index in [1.54, 1.807) is 0 Å². The second-order valence-corrected chi connectivity index (χ2v) is 2.82. The highest BCUT2D eigenvalue weighted by Gasteiger charge is 1.89. The van der Waals surface area contributed by atoms with Crippen molar-refractivity contribution in [2.24, 2.45) is 0 Å². The van der Waals surface area contributed by atoms with Crippen molar-refractivity contribution in [2.45, 2.75) is 40.0 Å². The van der Waals surface area contributed by atoms with E-state index < -0.39 is 0 Å². The minimum atomic E-state index is 1.20. The molecule has 12 heavy (non-hydrogen) atoms. The Balaban J connectivity index is 3.60. The van der Waals surface area contributed by atoms with E-state index in [0.29, 0.717) is 0 Å². The third kappa shape index (κ3) is 5.96. The molecule has 0 saturated carbocycles. The van der Waals surface area contributed by atoms with Gasteiger partial charge in [-0.25, -0.2) is 0 Å². The third-order valence-corrected chi connectivity index (χ3v) is 1.82. The maximum Gasteiger partial charge on any atom is -0.0279 e. The lowest BCUT2D eigenvalue weighted by atomic mass is 10.1. The summed E-state index contributed by atoms with van der Waals surface area (Å²) in [4.78, 5) is 0. The van der Waals surface area contributed by atoms with Gasteiger partial charge in [0.25, 0.3) is 0 Å². The lowest BCUT2D eigenvalue weighted by molar-refractivity contribution is 0.844. The van der Waals surface area contributed by atoms with E-state index in [0.717, 1.165) is 0 Å². The molecule has 0 amide bonds. The van der Waals surface area contributed by atoms with Crippen LogP contribution >= 0.6 is 0 Å². The number of allylic oxidation sites excluding steroid dienone is 6. The van der Waals surface area contributed by atoms with Crippen molar-refractivity contribution in [2.75, 3.05) is 0 Å². The fourth-order valence-electron chi connectivity index (χ4n) is 1.13. The molecule has 0 unspecified atom stereocenters. The molecule has 0 N–H and O–H groups in total. The average molecular weight is 164 g/mol. The van der Waals surface area contributed by atoms with E-state index in [1.165, 1.54) is 24.8 Å². The summed E-state index contributed by atoms with van der Waals surface area (Å²) in [7, 11) is 0. The molecule has 0 heteroatoms. The van der Waals surface area contributed by atoms with Gasteiger partial charge in [0.1, 0.15) is 0 Å². The van der Waals surface area contributed by atoms with Crippen LogP contribution in [0.4, 0.5) is 0 Å². The van der Waals surface area contributed by atoms with Gasteiger partial charge in [0.2, 0.25) is 0 Å². The van der Waals surface area contributed by atoms with E-state index in [1.807, 2.05) is 0 Å². The Morgan fingerprint density at radius 2 is 1.83 bits per heavy atom. The third-order valence-electron chi connectivity index (χ3n) is 1.82. The van der Waals surface area contributed by atoms with Crippen molar-refractivity contribution >= 4 is 0 Å². The van der Waals surface area contributed by atoms with Crippen LogP contribution in [0, 0.1) is 0 Å². The van der Waals surface area contributed by atoms with Crippen molar-refractivity contribution in [3.63, 3.8) is 0 Å². The largest absolute Gasteiger partial charge is 0.0917 e. The molecule has 0 bridgehead atoms. The van der Waals surface area contributed by atoms with Gasteiger partial charge in [-0.15, -0.1) is 0 Å². The number of hydrogen-bond acceptors (Lipinski definition) is 0. The van der Waals surface area contributed by atoms with Crippen LogP contribution in [0.5, 0.6) is 0 Å². The molecule has 0 saturated heterocycles. The Kier molecular flexibility index (Phi) is 7.78. The van der Waals surface area contributed by atoms with E-state index >= 15 is 0 Å². The van der Waals surface area contributed by atoms with Gasteiger partial charge in [0.05, 0.1) is 0 Å². The van der Waals surface area contributed by atoms with Crippen LogP contribution in [0.1, 0.15) is 40.0 Å². The van der Waals surface area contributed by atoms with E-state index in [-0.39, 0.29) is 0 Å².